The van der Waals surface area contributed by atoms with Crippen LogP contribution in [-0.4, -0.2) is 105 Å². The molecule has 0 saturated carbocycles. The van der Waals surface area contributed by atoms with Gasteiger partial charge in [-0.05, 0) is 65.7 Å². The highest BCUT2D eigenvalue weighted by Crippen LogP contribution is 2.29. The lowest BCUT2D eigenvalue weighted by atomic mass is 9.95. The summed E-state index contributed by atoms with van der Waals surface area (Å²) in [6.45, 7) is 7.85. The van der Waals surface area contributed by atoms with Gasteiger partial charge in [-0.3, -0.25) is 24.4 Å². The van der Waals surface area contributed by atoms with Gasteiger partial charge in [-0.25, -0.2) is 15.0 Å². The van der Waals surface area contributed by atoms with Crippen LogP contribution in [0.25, 0.3) is 0 Å². The number of benzene rings is 4. The van der Waals surface area contributed by atoms with E-state index in [9.17, 15) is 9.59 Å². The average Bonchev–Trinajstić information content (AvgIpc) is 3.99. The molecule has 0 unspecified atom stereocenters. The first kappa shape index (κ1) is 43.3. The van der Waals surface area contributed by atoms with E-state index < -0.39 is 0 Å². The summed E-state index contributed by atoms with van der Waals surface area (Å²) >= 11 is 3.55. The molecule has 6 heterocycles. The summed E-state index contributed by atoms with van der Waals surface area (Å²) in [4.78, 5) is 52.1. The zero-order valence-corrected chi connectivity index (χ0v) is 36.9. The standard InChI is InChI=1S/C24H21N3O2.C17H16BrN3O.C9H11NO2/c28-24(17-4-2-1-3-5-17)19-6-7-20-16-26-23(21(20)14-19)18-8-9-25-22(15-18)27-10-12-29-13-11-27;18-14-2-1-13-11-20-17(15(13)10-14)12-3-4-19-16(9-12)21-5-7-22-8-6-21;1-10(12-2)9(11)8-6-4-3-5-7-8/h1-9,14-15H,10-13,16H2;1-4,9-10H,5-8,11H2;3-7H,1-2H3. The van der Waals surface area contributed by atoms with Gasteiger partial charge in [0.25, 0.3) is 5.91 Å². The van der Waals surface area contributed by atoms with E-state index in [-0.39, 0.29) is 11.7 Å². The second kappa shape index (κ2) is 20.7. The fourth-order valence-electron chi connectivity index (χ4n) is 7.64. The molecular formula is C50H48BrN7O5. The number of ketones is 1. The lowest BCUT2D eigenvalue weighted by Crippen LogP contribution is -2.36. The molecule has 0 N–H and O–H groups in total. The predicted molar refractivity (Wildman–Crippen MR) is 249 cm³/mol. The molecule has 0 radical (unpaired) electrons. The molecule has 4 aliphatic rings. The van der Waals surface area contributed by atoms with Crippen LogP contribution in [0.4, 0.5) is 11.6 Å². The van der Waals surface area contributed by atoms with Crippen LogP contribution in [0.3, 0.4) is 0 Å². The Morgan fingerprint density at radius 2 is 1.10 bits per heavy atom. The van der Waals surface area contributed by atoms with Gasteiger partial charge in [0.1, 0.15) is 11.6 Å². The third-order valence-electron chi connectivity index (χ3n) is 11.1. The first-order chi connectivity index (χ1) is 30.9. The largest absolute Gasteiger partial charge is 0.378 e. The van der Waals surface area contributed by atoms with Crippen LogP contribution in [0.2, 0.25) is 0 Å². The van der Waals surface area contributed by atoms with E-state index in [1.807, 2.05) is 91.3 Å². The Labute approximate surface area is 376 Å². The van der Waals surface area contributed by atoms with E-state index >= 15 is 0 Å². The van der Waals surface area contributed by atoms with Crippen LogP contribution in [0.1, 0.15) is 59.7 Å². The lowest BCUT2D eigenvalue weighted by Gasteiger charge is -2.28. The highest BCUT2D eigenvalue weighted by Gasteiger charge is 2.23. The van der Waals surface area contributed by atoms with Crippen LogP contribution in [-0.2, 0) is 27.4 Å². The quantitative estimate of drug-likeness (QED) is 0.111. The van der Waals surface area contributed by atoms with Gasteiger partial charge in [0, 0.05) is 89.0 Å². The molecule has 0 atom stereocenters. The normalized spacial score (nSPS) is 15.1. The lowest BCUT2D eigenvalue weighted by molar-refractivity contribution is -0.0756. The molecule has 2 aromatic heterocycles. The SMILES string of the molecule is Brc1ccc2c(c1)C(c1ccnc(N3CCOCC3)c1)=NC2.CON(C)C(=O)c1ccccc1.O=C(c1ccccc1)c1ccc2c(c1)C(c1ccnc(N3CCOCC3)c1)=NC2. The maximum atomic E-state index is 12.9. The third kappa shape index (κ3) is 10.5. The van der Waals surface area contributed by atoms with Crippen LogP contribution >= 0.6 is 15.9 Å². The molecule has 320 valence electrons. The molecule has 6 aromatic rings. The predicted octanol–water partition coefficient (Wildman–Crippen LogP) is 7.85. The number of carbonyl (C=O) groups excluding carboxylic acids is 2. The summed E-state index contributed by atoms with van der Waals surface area (Å²) in [5, 5.41) is 1.19. The molecule has 0 spiro atoms. The molecule has 0 bridgehead atoms. The first-order valence-corrected chi connectivity index (χ1v) is 21.7. The number of fused-ring (bicyclic) bond motifs is 2. The van der Waals surface area contributed by atoms with Gasteiger partial charge >= 0.3 is 0 Å². The van der Waals surface area contributed by atoms with Crippen molar-refractivity contribution in [1.82, 2.24) is 15.0 Å². The number of nitrogens with zero attached hydrogens (tertiary/aromatic N) is 7. The van der Waals surface area contributed by atoms with E-state index in [1.54, 1.807) is 19.2 Å². The minimum absolute atomic E-state index is 0.0309. The Bertz CT molecular complexity index is 2610. The Morgan fingerprint density at radius 1 is 0.603 bits per heavy atom. The maximum Gasteiger partial charge on any atom is 0.277 e. The Kier molecular flexibility index (Phi) is 14.2. The fraction of sp³-hybridized carbons (Fsp3) is 0.240. The molecule has 1 amide bonds. The van der Waals surface area contributed by atoms with Crippen molar-refractivity contribution in [2.45, 2.75) is 13.1 Å². The van der Waals surface area contributed by atoms with Crippen molar-refractivity contribution < 1.29 is 23.9 Å². The van der Waals surface area contributed by atoms with Crippen molar-refractivity contribution >= 4 is 50.7 Å². The molecule has 12 nitrogen and oxygen atoms in total. The molecule has 2 fully saturated rings. The molecule has 4 aromatic carbocycles. The number of carbonyl (C=O) groups is 2. The molecule has 13 heteroatoms. The summed E-state index contributed by atoms with van der Waals surface area (Å²) in [6.07, 6.45) is 3.71. The second-order valence-electron chi connectivity index (χ2n) is 15.1. The fourth-order valence-corrected chi connectivity index (χ4v) is 8.00. The number of hydrogen-bond donors (Lipinski definition) is 0. The highest BCUT2D eigenvalue weighted by molar-refractivity contribution is 9.10. The van der Waals surface area contributed by atoms with Gasteiger partial charge in [0.05, 0.1) is 58.1 Å². The Morgan fingerprint density at radius 3 is 1.62 bits per heavy atom. The topological polar surface area (TPSA) is 122 Å². The van der Waals surface area contributed by atoms with Gasteiger partial charge in [0.2, 0.25) is 0 Å². The van der Waals surface area contributed by atoms with E-state index in [2.05, 4.69) is 66.0 Å². The summed E-state index contributed by atoms with van der Waals surface area (Å²) < 4.78 is 11.9. The first-order valence-electron chi connectivity index (χ1n) is 20.9. The van der Waals surface area contributed by atoms with Crippen LogP contribution in [0.15, 0.2) is 148 Å². The van der Waals surface area contributed by atoms with Crippen LogP contribution in [0, 0.1) is 0 Å². The molecule has 4 aliphatic heterocycles. The average molecular weight is 907 g/mol. The second-order valence-corrected chi connectivity index (χ2v) is 16.0. The number of morpholine rings is 2. The molecule has 63 heavy (non-hydrogen) atoms. The number of aromatic nitrogens is 2. The van der Waals surface area contributed by atoms with Crippen LogP contribution in [0.5, 0.6) is 0 Å². The number of rotatable bonds is 8. The van der Waals surface area contributed by atoms with Crippen molar-refractivity contribution in [3.63, 3.8) is 0 Å². The highest BCUT2D eigenvalue weighted by atomic mass is 79.9. The van der Waals surface area contributed by atoms with E-state index in [0.717, 1.165) is 109 Å². The summed E-state index contributed by atoms with van der Waals surface area (Å²) in [5.41, 5.74) is 10.8. The number of ether oxygens (including phenoxy) is 2. The number of hydroxylamine groups is 2. The zero-order valence-electron chi connectivity index (χ0n) is 35.3. The van der Waals surface area contributed by atoms with Crippen molar-refractivity contribution in [1.29, 1.82) is 0 Å². The number of aliphatic imine (C=N–C) groups is 2. The summed E-state index contributed by atoms with van der Waals surface area (Å²) in [7, 11) is 3.04. The van der Waals surface area contributed by atoms with Crippen molar-refractivity contribution in [3.05, 3.63) is 188 Å². The zero-order chi connectivity index (χ0) is 43.5. The van der Waals surface area contributed by atoms with Gasteiger partial charge in [-0.1, -0.05) is 82.7 Å². The number of amides is 1. The number of pyridine rings is 2. The molecule has 10 rings (SSSR count). The molecule has 2 saturated heterocycles. The monoisotopic (exact) mass is 905 g/mol. The van der Waals surface area contributed by atoms with E-state index in [4.69, 9.17) is 24.3 Å². The van der Waals surface area contributed by atoms with Gasteiger partial charge in [-0.2, -0.15) is 0 Å². The molecular weight excluding hydrogens is 858 g/mol. The number of hydrogen-bond acceptors (Lipinski definition) is 11. The summed E-state index contributed by atoms with van der Waals surface area (Å²) in [6, 6.07) is 38.9. The van der Waals surface area contributed by atoms with E-state index in [1.165, 1.54) is 23.3 Å². The summed E-state index contributed by atoms with van der Waals surface area (Å²) in [5.74, 6) is 1.84. The van der Waals surface area contributed by atoms with Gasteiger partial charge < -0.3 is 19.3 Å². The van der Waals surface area contributed by atoms with Gasteiger partial charge in [-0.15, -0.1) is 0 Å². The van der Waals surface area contributed by atoms with Gasteiger partial charge in [0.15, 0.2) is 5.78 Å². The number of halogens is 1. The van der Waals surface area contributed by atoms with Crippen molar-refractivity contribution in [2.24, 2.45) is 9.98 Å². The molecule has 0 aliphatic carbocycles. The van der Waals surface area contributed by atoms with Crippen molar-refractivity contribution in [3.8, 4) is 0 Å². The smallest absolute Gasteiger partial charge is 0.277 e. The minimum Gasteiger partial charge on any atom is -0.378 e. The maximum absolute atomic E-state index is 12.9. The van der Waals surface area contributed by atoms with Crippen LogP contribution < -0.4 is 9.80 Å². The van der Waals surface area contributed by atoms with E-state index in [0.29, 0.717) is 23.2 Å². The van der Waals surface area contributed by atoms with Crippen molar-refractivity contribution in [2.75, 3.05) is 76.6 Å². The third-order valence-corrected chi connectivity index (χ3v) is 11.6. The Balaban J connectivity index is 0.000000141. The minimum atomic E-state index is -0.141. The number of anilines is 2. The Hall–Kier alpha value is -6.38.